The number of rotatable bonds is 3. The Labute approximate surface area is 115 Å². The maximum atomic E-state index is 13.4. The molecule has 1 aliphatic heterocycles. The Hall–Kier alpha value is -1.09. The van der Waals surface area contributed by atoms with Crippen molar-refractivity contribution < 1.29 is 4.39 Å². The number of benzene rings is 1. The van der Waals surface area contributed by atoms with E-state index in [2.05, 4.69) is 18.7 Å². The van der Waals surface area contributed by atoms with Crippen molar-refractivity contribution in [3.63, 3.8) is 0 Å². The third kappa shape index (κ3) is 3.27. The molecule has 1 aromatic carbocycles. The van der Waals surface area contributed by atoms with E-state index in [9.17, 15) is 4.39 Å². The second-order valence-electron chi connectivity index (χ2n) is 6.06. The molecule has 0 spiro atoms. The minimum atomic E-state index is -0.201. The van der Waals surface area contributed by atoms with Crippen LogP contribution >= 0.6 is 0 Å². The molecular formula is C16H25FN2. The molecule has 1 fully saturated rings. The highest BCUT2D eigenvalue weighted by Gasteiger charge is 2.23. The summed E-state index contributed by atoms with van der Waals surface area (Å²) in [5.74, 6) is 1.37. The molecule has 2 nitrogen and oxygen atoms in total. The van der Waals surface area contributed by atoms with Gasteiger partial charge in [-0.25, -0.2) is 4.39 Å². The third-order valence-electron chi connectivity index (χ3n) is 4.30. The second kappa shape index (κ2) is 5.91. The summed E-state index contributed by atoms with van der Waals surface area (Å²) in [6, 6.07) is 4.86. The Kier molecular flexibility index (Phi) is 4.46. The van der Waals surface area contributed by atoms with Gasteiger partial charge in [-0.3, -0.25) is 0 Å². The van der Waals surface area contributed by atoms with Crippen molar-refractivity contribution in [3.8, 4) is 0 Å². The molecule has 3 heteroatoms. The lowest BCUT2D eigenvalue weighted by molar-refractivity contribution is 0.311. The van der Waals surface area contributed by atoms with Crippen molar-refractivity contribution >= 4 is 5.69 Å². The fraction of sp³-hybridized carbons (Fsp3) is 0.625. The fourth-order valence-electron chi connectivity index (χ4n) is 2.99. The SMILES string of the molecule is CC(C)C1CCN(c2ccc(F)cc2[C@@H](C)N)CC1. The molecule has 0 unspecified atom stereocenters. The molecule has 1 heterocycles. The van der Waals surface area contributed by atoms with Gasteiger partial charge >= 0.3 is 0 Å². The van der Waals surface area contributed by atoms with Crippen molar-refractivity contribution in [2.45, 2.75) is 39.7 Å². The molecule has 0 aliphatic carbocycles. The molecule has 0 radical (unpaired) electrons. The Morgan fingerprint density at radius 3 is 2.37 bits per heavy atom. The molecule has 0 aromatic heterocycles. The average Bonchev–Trinajstić information content (AvgIpc) is 2.38. The first kappa shape index (κ1) is 14.3. The summed E-state index contributed by atoms with van der Waals surface area (Å²) in [6.45, 7) is 8.61. The molecule has 0 amide bonds. The van der Waals surface area contributed by atoms with Gasteiger partial charge in [-0.1, -0.05) is 13.8 Å². The summed E-state index contributed by atoms with van der Waals surface area (Å²) < 4.78 is 13.4. The molecular weight excluding hydrogens is 239 g/mol. The van der Waals surface area contributed by atoms with Gasteiger partial charge in [-0.05, 0) is 55.4 Å². The van der Waals surface area contributed by atoms with E-state index in [1.807, 2.05) is 13.0 Å². The smallest absolute Gasteiger partial charge is 0.123 e. The van der Waals surface area contributed by atoms with Gasteiger partial charge in [-0.2, -0.15) is 0 Å². The monoisotopic (exact) mass is 264 g/mol. The number of piperidine rings is 1. The van der Waals surface area contributed by atoms with Crippen LogP contribution in [0.3, 0.4) is 0 Å². The van der Waals surface area contributed by atoms with E-state index in [1.54, 1.807) is 6.07 Å². The molecule has 1 aromatic rings. The highest BCUT2D eigenvalue weighted by atomic mass is 19.1. The van der Waals surface area contributed by atoms with Gasteiger partial charge in [0.25, 0.3) is 0 Å². The molecule has 2 rings (SSSR count). The van der Waals surface area contributed by atoms with Crippen LogP contribution in [-0.2, 0) is 0 Å². The van der Waals surface area contributed by atoms with Crippen LogP contribution in [0.2, 0.25) is 0 Å². The van der Waals surface area contributed by atoms with Crippen LogP contribution < -0.4 is 10.6 Å². The minimum Gasteiger partial charge on any atom is -0.371 e. The summed E-state index contributed by atoms with van der Waals surface area (Å²) in [7, 11) is 0. The summed E-state index contributed by atoms with van der Waals surface area (Å²) in [5.41, 5.74) is 8.00. The lowest BCUT2D eigenvalue weighted by atomic mass is 9.86. The van der Waals surface area contributed by atoms with E-state index in [-0.39, 0.29) is 11.9 Å². The van der Waals surface area contributed by atoms with Crippen LogP contribution in [0.1, 0.15) is 45.2 Å². The van der Waals surface area contributed by atoms with Crippen LogP contribution in [0, 0.1) is 17.7 Å². The average molecular weight is 264 g/mol. The summed E-state index contributed by atoms with van der Waals surface area (Å²) in [4.78, 5) is 2.36. The number of anilines is 1. The topological polar surface area (TPSA) is 29.3 Å². The van der Waals surface area contributed by atoms with Gasteiger partial charge in [-0.15, -0.1) is 0 Å². The third-order valence-corrected chi connectivity index (χ3v) is 4.30. The molecule has 0 saturated carbocycles. The van der Waals surface area contributed by atoms with Gasteiger partial charge in [0.2, 0.25) is 0 Å². The summed E-state index contributed by atoms with van der Waals surface area (Å²) in [5, 5.41) is 0. The fourth-order valence-corrected chi connectivity index (χ4v) is 2.99. The van der Waals surface area contributed by atoms with E-state index in [1.165, 1.54) is 18.9 Å². The molecule has 1 saturated heterocycles. The Balaban J connectivity index is 2.15. The van der Waals surface area contributed by atoms with Crippen molar-refractivity contribution in [1.29, 1.82) is 0 Å². The summed E-state index contributed by atoms with van der Waals surface area (Å²) in [6.07, 6.45) is 2.43. The lowest BCUT2D eigenvalue weighted by Crippen LogP contribution is -2.36. The molecule has 1 aliphatic rings. The van der Waals surface area contributed by atoms with Crippen molar-refractivity contribution in [3.05, 3.63) is 29.6 Å². The van der Waals surface area contributed by atoms with Crippen molar-refractivity contribution in [2.24, 2.45) is 17.6 Å². The van der Waals surface area contributed by atoms with Crippen molar-refractivity contribution in [1.82, 2.24) is 0 Å². The minimum absolute atomic E-state index is 0.131. The normalized spacial score (nSPS) is 18.9. The molecule has 2 N–H and O–H groups in total. The number of hydrogen-bond donors (Lipinski definition) is 1. The lowest BCUT2D eigenvalue weighted by Gasteiger charge is -2.36. The van der Waals surface area contributed by atoms with E-state index in [4.69, 9.17) is 5.73 Å². The highest BCUT2D eigenvalue weighted by Crippen LogP contribution is 2.31. The quantitative estimate of drug-likeness (QED) is 0.901. The zero-order valence-corrected chi connectivity index (χ0v) is 12.2. The van der Waals surface area contributed by atoms with Gasteiger partial charge in [0.15, 0.2) is 0 Å². The van der Waals surface area contributed by atoms with Crippen LogP contribution in [0.4, 0.5) is 10.1 Å². The zero-order chi connectivity index (χ0) is 14.0. The Morgan fingerprint density at radius 2 is 1.84 bits per heavy atom. The van der Waals surface area contributed by atoms with Crippen LogP contribution in [-0.4, -0.2) is 13.1 Å². The predicted octanol–water partition coefficient (Wildman–Crippen LogP) is 3.72. The van der Waals surface area contributed by atoms with Gasteiger partial charge < -0.3 is 10.6 Å². The first-order valence-electron chi connectivity index (χ1n) is 7.29. The first-order chi connectivity index (χ1) is 8.99. The number of halogens is 1. The van der Waals surface area contributed by atoms with E-state index in [0.29, 0.717) is 0 Å². The number of hydrogen-bond acceptors (Lipinski definition) is 2. The maximum absolute atomic E-state index is 13.4. The second-order valence-corrected chi connectivity index (χ2v) is 6.06. The Bertz CT molecular complexity index is 421. The van der Waals surface area contributed by atoms with E-state index < -0.39 is 0 Å². The van der Waals surface area contributed by atoms with Crippen LogP contribution in [0.5, 0.6) is 0 Å². The van der Waals surface area contributed by atoms with Gasteiger partial charge in [0.1, 0.15) is 5.82 Å². The molecule has 19 heavy (non-hydrogen) atoms. The summed E-state index contributed by atoms with van der Waals surface area (Å²) >= 11 is 0. The maximum Gasteiger partial charge on any atom is 0.123 e. The van der Waals surface area contributed by atoms with Crippen LogP contribution in [0.25, 0.3) is 0 Å². The Morgan fingerprint density at radius 1 is 1.21 bits per heavy atom. The van der Waals surface area contributed by atoms with E-state index in [0.717, 1.165) is 36.2 Å². The van der Waals surface area contributed by atoms with E-state index >= 15 is 0 Å². The first-order valence-corrected chi connectivity index (χ1v) is 7.29. The molecule has 106 valence electrons. The predicted molar refractivity (Wildman–Crippen MR) is 78.8 cm³/mol. The molecule has 1 atom stereocenters. The van der Waals surface area contributed by atoms with Crippen molar-refractivity contribution in [2.75, 3.05) is 18.0 Å². The van der Waals surface area contributed by atoms with Crippen LogP contribution in [0.15, 0.2) is 18.2 Å². The largest absolute Gasteiger partial charge is 0.371 e. The number of nitrogens with zero attached hydrogens (tertiary/aromatic N) is 1. The van der Waals surface area contributed by atoms with Gasteiger partial charge in [0.05, 0.1) is 0 Å². The van der Waals surface area contributed by atoms with Gasteiger partial charge in [0, 0.05) is 24.8 Å². The zero-order valence-electron chi connectivity index (χ0n) is 12.2. The standard InChI is InChI=1S/C16H25FN2/c1-11(2)13-6-8-19(9-7-13)16-5-4-14(17)10-15(16)12(3)18/h4-5,10-13H,6-9,18H2,1-3H3/t12-/m1/s1. The number of nitrogens with two attached hydrogens (primary N) is 1. The molecule has 0 bridgehead atoms. The highest BCUT2D eigenvalue weighted by molar-refractivity contribution is 5.55.